The molecule has 0 unspecified atom stereocenters. The summed E-state index contributed by atoms with van der Waals surface area (Å²) in [7, 11) is -7.42. The van der Waals surface area contributed by atoms with Crippen molar-refractivity contribution in [2.75, 3.05) is 32.8 Å². The van der Waals surface area contributed by atoms with Crippen molar-refractivity contribution < 1.29 is 31.7 Å². The van der Waals surface area contributed by atoms with E-state index < -0.39 is 21.8 Å². The summed E-state index contributed by atoms with van der Waals surface area (Å²) < 4.78 is 52.8. The fraction of sp³-hybridized carbons (Fsp3) is 1.00. The molecule has 0 heterocycles. The monoisotopic (exact) mass is 416 g/mol. The van der Waals surface area contributed by atoms with E-state index in [1.807, 2.05) is 55.4 Å². The molecule has 158 valence electrons. The largest absolute Gasteiger partial charge is 0.475 e. The number of hydrogen-bond donors (Lipinski definition) is 0. The Labute approximate surface area is 159 Å². The highest BCUT2D eigenvalue weighted by molar-refractivity contribution is 7.55. The van der Waals surface area contributed by atoms with Gasteiger partial charge in [-0.25, -0.2) is 4.57 Å². The van der Waals surface area contributed by atoms with Crippen molar-refractivity contribution in [1.29, 1.82) is 0 Å². The Kier molecular flexibility index (Phi) is 12.8. The van der Waals surface area contributed by atoms with E-state index in [0.717, 1.165) is 0 Å². The molecule has 0 N–H and O–H groups in total. The highest BCUT2D eigenvalue weighted by Crippen LogP contribution is 2.57. The maximum Gasteiger partial charge on any atom is 0.475 e. The molecule has 0 fully saturated rings. The molecule has 0 saturated carbocycles. The van der Waals surface area contributed by atoms with Gasteiger partial charge in [0.2, 0.25) is 0 Å². The maximum absolute atomic E-state index is 12.9. The molecule has 0 aromatic carbocycles. The second kappa shape index (κ2) is 12.7. The van der Waals surface area contributed by atoms with Gasteiger partial charge < -0.3 is 9.05 Å². The molecule has 0 spiro atoms. The standard InChI is InChI=1S/C17H38O7P2/c1-14(2)9-20-25(18,21-10-15(3)4)13-24-26(19,22-11-16(5)6)23-12-17(7)8/h14-17H,9-13H2,1-8H3. The Hall–Kier alpha value is 0.260. The number of hydrogen-bond acceptors (Lipinski definition) is 7. The minimum Gasteiger partial charge on any atom is -0.307 e. The molecular formula is C17H38O7P2. The van der Waals surface area contributed by atoms with Gasteiger partial charge >= 0.3 is 15.4 Å². The van der Waals surface area contributed by atoms with Crippen molar-refractivity contribution in [3.63, 3.8) is 0 Å². The van der Waals surface area contributed by atoms with Crippen LogP contribution >= 0.6 is 15.4 Å². The van der Waals surface area contributed by atoms with E-state index in [2.05, 4.69) is 0 Å². The zero-order chi connectivity index (χ0) is 20.4. The number of rotatable bonds is 15. The average molecular weight is 416 g/mol. The van der Waals surface area contributed by atoms with Gasteiger partial charge in [-0.3, -0.25) is 18.1 Å². The first-order valence-electron chi connectivity index (χ1n) is 9.29. The fourth-order valence-electron chi connectivity index (χ4n) is 1.37. The van der Waals surface area contributed by atoms with Gasteiger partial charge in [-0.1, -0.05) is 55.4 Å². The molecule has 0 aromatic rings. The van der Waals surface area contributed by atoms with Gasteiger partial charge in [-0.05, 0) is 23.7 Å². The Morgan fingerprint density at radius 1 is 0.538 bits per heavy atom. The summed E-state index contributed by atoms with van der Waals surface area (Å²) in [5.74, 6) is 0.644. The zero-order valence-electron chi connectivity index (χ0n) is 17.6. The lowest BCUT2D eigenvalue weighted by molar-refractivity contribution is 0.0943. The highest BCUT2D eigenvalue weighted by atomic mass is 31.2. The smallest absolute Gasteiger partial charge is 0.307 e. The SMILES string of the molecule is CC(C)COP(=O)(COP(=O)(OCC(C)C)OCC(C)C)OCC(C)C. The minimum absolute atomic E-state index is 0.149. The van der Waals surface area contributed by atoms with Crippen LogP contribution in [-0.2, 0) is 31.7 Å². The summed E-state index contributed by atoms with van der Waals surface area (Å²) in [5.41, 5.74) is 0. The first-order valence-corrected chi connectivity index (χ1v) is 12.5. The van der Waals surface area contributed by atoms with Crippen LogP contribution in [0.25, 0.3) is 0 Å². The third-order valence-electron chi connectivity index (χ3n) is 2.72. The second-order valence-corrected chi connectivity index (χ2v) is 11.7. The van der Waals surface area contributed by atoms with Gasteiger partial charge in [0.15, 0.2) is 6.35 Å². The molecule has 0 aliphatic carbocycles. The summed E-state index contributed by atoms with van der Waals surface area (Å²) in [6.45, 7) is 16.4. The summed E-state index contributed by atoms with van der Waals surface area (Å²) in [5, 5.41) is 0. The molecule has 0 rings (SSSR count). The van der Waals surface area contributed by atoms with Crippen molar-refractivity contribution in [2.45, 2.75) is 55.4 Å². The Morgan fingerprint density at radius 3 is 1.15 bits per heavy atom. The Morgan fingerprint density at radius 2 is 0.846 bits per heavy atom. The molecule has 0 aliphatic rings. The molecule has 0 amide bonds. The van der Waals surface area contributed by atoms with Crippen LogP contribution in [0.2, 0.25) is 0 Å². The van der Waals surface area contributed by atoms with E-state index >= 15 is 0 Å². The molecule has 0 atom stereocenters. The van der Waals surface area contributed by atoms with Crippen LogP contribution in [0.4, 0.5) is 0 Å². The molecule has 0 aliphatic heterocycles. The summed E-state index contributed by atoms with van der Waals surface area (Å²) >= 11 is 0. The van der Waals surface area contributed by atoms with Crippen molar-refractivity contribution in [3.8, 4) is 0 Å². The molecule has 0 bridgehead atoms. The van der Waals surface area contributed by atoms with Crippen LogP contribution in [-0.4, -0.2) is 32.8 Å². The number of phosphoric acid groups is 1. The predicted molar refractivity (Wildman–Crippen MR) is 104 cm³/mol. The van der Waals surface area contributed by atoms with Crippen molar-refractivity contribution >= 4 is 15.4 Å². The number of phosphoric ester groups is 1. The van der Waals surface area contributed by atoms with E-state index in [0.29, 0.717) is 0 Å². The van der Waals surface area contributed by atoms with Gasteiger partial charge in [0.05, 0.1) is 26.4 Å². The molecule has 26 heavy (non-hydrogen) atoms. The van der Waals surface area contributed by atoms with Crippen LogP contribution in [0.15, 0.2) is 0 Å². The Balaban J connectivity index is 5.03. The molecule has 9 heteroatoms. The molecule has 0 saturated heterocycles. The molecular weight excluding hydrogens is 378 g/mol. The van der Waals surface area contributed by atoms with E-state index in [9.17, 15) is 9.13 Å². The third kappa shape index (κ3) is 13.4. The second-order valence-electron chi connectivity index (χ2n) is 8.07. The van der Waals surface area contributed by atoms with Crippen LogP contribution in [0.1, 0.15) is 55.4 Å². The van der Waals surface area contributed by atoms with Gasteiger partial charge in [0.1, 0.15) is 0 Å². The van der Waals surface area contributed by atoms with E-state index in [1.165, 1.54) is 0 Å². The highest BCUT2D eigenvalue weighted by Gasteiger charge is 2.35. The lowest BCUT2D eigenvalue weighted by Crippen LogP contribution is -2.12. The van der Waals surface area contributed by atoms with Gasteiger partial charge in [0, 0.05) is 0 Å². The summed E-state index contributed by atoms with van der Waals surface area (Å²) in [4.78, 5) is 0. The van der Waals surface area contributed by atoms with E-state index in [4.69, 9.17) is 22.6 Å². The van der Waals surface area contributed by atoms with Gasteiger partial charge in [-0.2, -0.15) is 0 Å². The molecule has 7 nitrogen and oxygen atoms in total. The van der Waals surface area contributed by atoms with Crippen LogP contribution in [0.3, 0.4) is 0 Å². The van der Waals surface area contributed by atoms with Crippen molar-refractivity contribution in [1.82, 2.24) is 0 Å². The van der Waals surface area contributed by atoms with Crippen LogP contribution in [0.5, 0.6) is 0 Å². The Bertz CT molecular complexity index is 390. The van der Waals surface area contributed by atoms with Crippen LogP contribution < -0.4 is 0 Å². The lowest BCUT2D eigenvalue weighted by atomic mass is 10.2. The quantitative estimate of drug-likeness (QED) is 0.305. The normalized spacial score (nSPS) is 13.5. The first-order chi connectivity index (χ1) is 11.9. The van der Waals surface area contributed by atoms with Crippen molar-refractivity contribution in [2.24, 2.45) is 23.7 Å². The van der Waals surface area contributed by atoms with Crippen LogP contribution in [0, 0.1) is 23.7 Å². The topological polar surface area (TPSA) is 80.3 Å². The maximum atomic E-state index is 12.9. The first kappa shape index (κ1) is 26.3. The van der Waals surface area contributed by atoms with E-state index in [1.54, 1.807) is 0 Å². The third-order valence-corrected chi connectivity index (χ3v) is 5.82. The van der Waals surface area contributed by atoms with Gasteiger partial charge in [-0.15, -0.1) is 0 Å². The predicted octanol–water partition coefficient (Wildman–Crippen LogP) is 5.95. The van der Waals surface area contributed by atoms with Crippen molar-refractivity contribution in [3.05, 3.63) is 0 Å². The lowest BCUT2D eigenvalue weighted by Gasteiger charge is -2.24. The summed E-state index contributed by atoms with van der Waals surface area (Å²) in [6, 6.07) is 0. The molecule has 0 radical (unpaired) electrons. The van der Waals surface area contributed by atoms with E-state index in [-0.39, 0.29) is 50.1 Å². The minimum atomic E-state index is -3.85. The zero-order valence-corrected chi connectivity index (χ0v) is 19.4. The fourth-order valence-corrected chi connectivity index (χ4v) is 4.96. The molecule has 0 aromatic heterocycles. The average Bonchev–Trinajstić information content (AvgIpc) is 2.53. The van der Waals surface area contributed by atoms with Gasteiger partial charge in [0.25, 0.3) is 0 Å². The summed E-state index contributed by atoms with van der Waals surface area (Å²) in [6.07, 6.45) is -0.472.